The molecular formula is C22H26N4OS. The van der Waals surface area contributed by atoms with Crippen LogP contribution in [0, 0.1) is 6.92 Å². The average molecular weight is 395 g/mol. The molecular weight excluding hydrogens is 368 g/mol. The van der Waals surface area contributed by atoms with Gasteiger partial charge in [-0.05, 0) is 50.8 Å². The summed E-state index contributed by atoms with van der Waals surface area (Å²) in [5, 5.41) is 11.8. The van der Waals surface area contributed by atoms with E-state index in [2.05, 4.69) is 27.6 Å². The van der Waals surface area contributed by atoms with Gasteiger partial charge in [-0.2, -0.15) is 0 Å². The summed E-state index contributed by atoms with van der Waals surface area (Å²) in [6, 6.07) is 18.5. The molecule has 0 aliphatic heterocycles. The van der Waals surface area contributed by atoms with E-state index in [1.807, 2.05) is 67.8 Å². The van der Waals surface area contributed by atoms with Gasteiger partial charge in [-0.15, -0.1) is 10.2 Å². The lowest BCUT2D eigenvalue weighted by atomic mass is 10.1. The van der Waals surface area contributed by atoms with E-state index in [-0.39, 0.29) is 17.2 Å². The van der Waals surface area contributed by atoms with Crippen molar-refractivity contribution in [3.05, 3.63) is 72.1 Å². The van der Waals surface area contributed by atoms with Crippen molar-refractivity contribution < 1.29 is 4.79 Å². The summed E-state index contributed by atoms with van der Waals surface area (Å²) >= 11 is 1.42. The maximum absolute atomic E-state index is 12.6. The SMILES string of the molecule is Cc1ccccc1-n1cnnc1S[C@@H](C)C(=O)N[C@@H](C)CCc1ccccc1. The largest absolute Gasteiger partial charge is 0.353 e. The lowest BCUT2D eigenvalue weighted by Crippen LogP contribution is -2.38. The van der Waals surface area contributed by atoms with E-state index in [9.17, 15) is 4.79 Å². The molecule has 146 valence electrons. The molecule has 3 aromatic rings. The van der Waals surface area contributed by atoms with Gasteiger partial charge in [0.05, 0.1) is 10.9 Å². The Labute approximate surface area is 170 Å². The zero-order chi connectivity index (χ0) is 19.9. The standard InChI is InChI=1S/C22H26N4OS/c1-16-9-7-8-12-20(16)26-15-23-25-22(26)28-18(3)21(27)24-17(2)13-14-19-10-5-4-6-11-19/h4-12,15,17-18H,13-14H2,1-3H3,(H,24,27)/t17-,18-/m0/s1. The molecule has 28 heavy (non-hydrogen) atoms. The van der Waals surface area contributed by atoms with Crippen molar-refractivity contribution in [2.75, 3.05) is 0 Å². The molecule has 5 nitrogen and oxygen atoms in total. The van der Waals surface area contributed by atoms with Crippen LogP contribution in [0.15, 0.2) is 66.1 Å². The number of aryl methyl sites for hydroxylation is 2. The number of hydrogen-bond donors (Lipinski definition) is 1. The zero-order valence-electron chi connectivity index (χ0n) is 16.5. The number of thioether (sulfide) groups is 1. The van der Waals surface area contributed by atoms with Gasteiger partial charge in [-0.3, -0.25) is 9.36 Å². The van der Waals surface area contributed by atoms with Crippen molar-refractivity contribution in [1.82, 2.24) is 20.1 Å². The molecule has 0 spiro atoms. The molecule has 0 aliphatic rings. The van der Waals surface area contributed by atoms with Crippen molar-refractivity contribution in [1.29, 1.82) is 0 Å². The number of hydrogen-bond acceptors (Lipinski definition) is 4. The number of carbonyl (C=O) groups excluding carboxylic acids is 1. The lowest BCUT2D eigenvalue weighted by molar-refractivity contribution is -0.120. The fourth-order valence-electron chi connectivity index (χ4n) is 2.98. The van der Waals surface area contributed by atoms with E-state index in [1.54, 1.807) is 6.33 Å². The van der Waals surface area contributed by atoms with Gasteiger partial charge in [0, 0.05) is 6.04 Å². The molecule has 3 rings (SSSR count). The summed E-state index contributed by atoms with van der Waals surface area (Å²) in [4.78, 5) is 12.6. The molecule has 2 atom stereocenters. The van der Waals surface area contributed by atoms with Crippen molar-refractivity contribution in [2.24, 2.45) is 0 Å². The zero-order valence-corrected chi connectivity index (χ0v) is 17.3. The maximum Gasteiger partial charge on any atom is 0.233 e. The fraction of sp³-hybridized carbons (Fsp3) is 0.318. The maximum atomic E-state index is 12.6. The molecule has 1 N–H and O–H groups in total. The van der Waals surface area contributed by atoms with Crippen LogP contribution in [0.25, 0.3) is 5.69 Å². The van der Waals surface area contributed by atoms with Crippen LogP contribution in [0.4, 0.5) is 0 Å². The topological polar surface area (TPSA) is 59.8 Å². The second-order valence-electron chi connectivity index (χ2n) is 6.96. The molecule has 0 saturated heterocycles. The van der Waals surface area contributed by atoms with Crippen molar-refractivity contribution in [3.8, 4) is 5.69 Å². The second-order valence-corrected chi connectivity index (χ2v) is 8.27. The van der Waals surface area contributed by atoms with E-state index >= 15 is 0 Å². The summed E-state index contributed by atoms with van der Waals surface area (Å²) in [6.45, 7) is 6.00. The van der Waals surface area contributed by atoms with Crippen LogP contribution >= 0.6 is 11.8 Å². The van der Waals surface area contributed by atoms with Crippen molar-refractivity contribution in [3.63, 3.8) is 0 Å². The van der Waals surface area contributed by atoms with Crippen LogP contribution in [0.5, 0.6) is 0 Å². The molecule has 1 aromatic heterocycles. The molecule has 2 aromatic carbocycles. The van der Waals surface area contributed by atoms with Crippen LogP contribution in [-0.4, -0.2) is 32.0 Å². The highest BCUT2D eigenvalue weighted by molar-refractivity contribution is 8.00. The summed E-state index contributed by atoms with van der Waals surface area (Å²) < 4.78 is 1.93. The van der Waals surface area contributed by atoms with Crippen molar-refractivity contribution in [2.45, 2.75) is 50.1 Å². The van der Waals surface area contributed by atoms with Gasteiger partial charge in [0.1, 0.15) is 6.33 Å². The molecule has 6 heteroatoms. The van der Waals surface area contributed by atoms with E-state index in [0.29, 0.717) is 5.16 Å². The minimum atomic E-state index is -0.258. The number of amides is 1. The number of nitrogens with one attached hydrogen (secondary N) is 1. The summed E-state index contributed by atoms with van der Waals surface area (Å²) in [5.41, 5.74) is 3.45. The van der Waals surface area contributed by atoms with Crippen LogP contribution in [0.2, 0.25) is 0 Å². The molecule has 0 saturated carbocycles. The number of nitrogens with zero attached hydrogens (tertiary/aromatic N) is 3. The number of aromatic nitrogens is 3. The average Bonchev–Trinajstić information content (AvgIpc) is 3.15. The van der Waals surface area contributed by atoms with Crippen LogP contribution in [0.3, 0.4) is 0 Å². The normalized spacial score (nSPS) is 13.1. The Kier molecular flexibility index (Phi) is 6.87. The van der Waals surface area contributed by atoms with Gasteiger partial charge in [0.25, 0.3) is 0 Å². The molecule has 0 aliphatic carbocycles. The van der Waals surface area contributed by atoms with Gasteiger partial charge in [-0.1, -0.05) is 60.3 Å². The van der Waals surface area contributed by atoms with Crippen LogP contribution < -0.4 is 5.32 Å². The fourth-order valence-corrected chi connectivity index (χ4v) is 3.82. The lowest BCUT2D eigenvalue weighted by Gasteiger charge is -2.17. The van der Waals surface area contributed by atoms with Gasteiger partial charge in [-0.25, -0.2) is 0 Å². The van der Waals surface area contributed by atoms with E-state index < -0.39 is 0 Å². The highest BCUT2D eigenvalue weighted by atomic mass is 32.2. The Morgan fingerprint density at radius 1 is 1.11 bits per heavy atom. The quantitative estimate of drug-likeness (QED) is 0.582. The highest BCUT2D eigenvalue weighted by Gasteiger charge is 2.20. The number of benzene rings is 2. The Morgan fingerprint density at radius 2 is 1.82 bits per heavy atom. The Hall–Kier alpha value is -2.60. The molecule has 1 heterocycles. The second kappa shape index (κ2) is 9.55. The summed E-state index contributed by atoms with van der Waals surface area (Å²) in [5.74, 6) is 0.0184. The van der Waals surface area contributed by atoms with E-state index in [0.717, 1.165) is 24.1 Å². The number of carbonyl (C=O) groups is 1. The monoisotopic (exact) mass is 394 g/mol. The van der Waals surface area contributed by atoms with Gasteiger partial charge >= 0.3 is 0 Å². The predicted molar refractivity (Wildman–Crippen MR) is 114 cm³/mol. The Morgan fingerprint density at radius 3 is 2.57 bits per heavy atom. The molecule has 0 unspecified atom stereocenters. The van der Waals surface area contributed by atoms with Crippen LogP contribution in [-0.2, 0) is 11.2 Å². The van der Waals surface area contributed by atoms with E-state index in [4.69, 9.17) is 0 Å². The van der Waals surface area contributed by atoms with Gasteiger partial charge < -0.3 is 5.32 Å². The third-order valence-corrected chi connectivity index (χ3v) is 5.70. The minimum absolute atomic E-state index is 0.0184. The number of rotatable bonds is 8. The number of para-hydroxylation sites is 1. The first kappa shape index (κ1) is 20.1. The smallest absolute Gasteiger partial charge is 0.233 e. The first-order valence-electron chi connectivity index (χ1n) is 9.51. The van der Waals surface area contributed by atoms with E-state index in [1.165, 1.54) is 17.3 Å². The summed E-state index contributed by atoms with van der Waals surface area (Å²) in [7, 11) is 0. The minimum Gasteiger partial charge on any atom is -0.353 e. The van der Waals surface area contributed by atoms with Gasteiger partial charge in [0.15, 0.2) is 5.16 Å². The molecule has 0 fully saturated rings. The third kappa shape index (κ3) is 5.23. The Bertz CT molecular complexity index is 910. The molecule has 1 amide bonds. The first-order valence-corrected chi connectivity index (χ1v) is 10.4. The summed E-state index contributed by atoms with van der Waals surface area (Å²) in [6.07, 6.45) is 3.55. The highest BCUT2D eigenvalue weighted by Crippen LogP contribution is 2.25. The van der Waals surface area contributed by atoms with Gasteiger partial charge in [0.2, 0.25) is 5.91 Å². The predicted octanol–water partition coefficient (Wildman–Crippen LogP) is 4.19. The van der Waals surface area contributed by atoms with Crippen molar-refractivity contribution >= 4 is 17.7 Å². The molecule has 0 bridgehead atoms. The third-order valence-electron chi connectivity index (χ3n) is 4.64. The first-order chi connectivity index (χ1) is 13.5. The Balaban J connectivity index is 1.56. The van der Waals surface area contributed by atoms with Crippen LogP contribution in [0.1, 0.15) is 31.4 Å². The molecule has 0 radical (unpaired) electrons.